The van der Waals surface area contributed by atoms with E-state index in [0.29, 0.717) is 5.95 Å². The first-order valence-electron chi connectivity index (χ1n) is 9.39. The number of nitrogens with zero attached hydrogens (tertiary/aromatic N) is 4. The summed E-state index contributed by atoms with van der Waals surface area (Å²) in [7, 11) is 1.68. The highest BCUT2D eigenvalue weighted by molar-refractivity contribution is 5.69. The number of hydrogen-bond donors (Lipinski definition) is 2. The monoisotopic (exact) mass is 376 g/mol. The number of hydrogen-bond acceptors (Lipinski definition) is 7. The summed E-state index contributed by atoms with van der Waals surface area (Å²) in [6.45, 7) is 1.87. The summed E-state index contributed by atoms with van der Waals surface area (Å²) in [6, 6.07) is 12.2. The van der Waals surface area contributed by atoms with Crippen LogP contribution in [0.1, 0.15) is 30.7 Å². The summed E-state index contributed by atoms with van der Waals surface area (Å²) < 4.78 is 5.45. The van der Waals surface area contributed by atoms with E-state index in [1.54, 1.807) is 13.3 Å². The van der Waals surface area contributed by atoms with Gasteiger partial charge < -0.3 is 15.8 Å². The van der Waals surface area contributed by atoms with Gasteiger partial charge in [0.2, 0.25) is 5.95 Å². The number of rotatable bonds is 5. The molecule has 0 radical (unpaired) electrons. The van der Waals surface area contributed by atoms with Crippen molar-refractivity contribution >= 4 is 5.95 Å². The Balaban J connectivity index is 1.49. The molecule has 3 N–H and O–H groups in total. The van der Waals surface area contributed by atoms with Gasteiger partial charge in [0.25, 0.3) is 0 Å². The molecule has 144 valence electrons. The van der Waals surface area contributed by atoms with E-state index in [1.807, 2.05) is 43.5 Å². The number of ether oxygens (including phenoxy) is 1. The third kappa shape index (κ3) is 3.66. The average Bonchev–Trinajstić information content (AvgIpc) is 3.11. The van der Waals surface area contributed by atoms with E-state index >= 15 is 0 Å². The molecule has 0 saturated heterocycles. The number of nitrogens with two attached hydrogens (primary N) is 1. The van der Waals surface area contributed by atoms with Gasteiger partial charge >= 0.3 is 0 Å². The van der Waals surface area contributed by atoms with Crippen LogP contribution >= 0.6 is 0 Å². The first-order valence-corrected chi connectivity index (χ1v) is 9.39. The largest absolute Gasteiger partial charge is 0.496 e. The van der Waals surface area contributed by atoms with Gasteiger partial charge in [0, 0.05) is 23.4 Å². The lowest BCUT2D eigenvalue weighted by molar-refractivity contribution is 0.416. The van der Waals surface area contributed by atoms with Crippen molar-refractivity contribution in [3.63, 3.8) is 0 Å². The van der Waals surface area contributed by atoms with Gasteiger partial charge in [-0.3, -0.25) is 4.98 Å². The molecule has 2 aromatic heterocycles. The fraction of sp³-hybridized carbons (Fsp3) is 0.333. The first kappa shape index (κ1) is 18.3. The van der Waals surface area contributed by atoms with Crippen molar-refractivity contribution in [3.8, 4) is 16.9 Å². The van der Waals surface area contributed by atoms with Gasteiger partial charge in [-0.05, 0) is 38.3 Å². The second-order valence-electron chi connectivity index (χ2n) is 7.30. The summed E-state index contributed by atoms with van der Waals surface area (Å²) >= 11 is 0. The molecule has 7 nitrogen and oxygen atoms in total. The molecule has 1 saturated carbocycles. The molecular formula is C21H24N6O. The minimum atomic E-state index is -0.463. The van der Waals surface area contributed by atoms with Crippen molar-refractivity contribution in [2.24, 2.45) is 5.73 Å². The maximum atomic E-state index is 6.71. The van der Waals surface area contributed by atoms with Crippen molar-refractivity contribution in [2.75, 3.05) is 12.4 Å². The van der Waals surface area contributed by atoms with E-state index in [1.165, 1.54) is 0 Å². The zero-order chi connectivity index (χ0) is 19.6. The molecule has 1 fully saturated rings. The molecule has 0 aliphatic heterocycles. The molecule has 7 heteroatoms. The second kappa shape index (κ2) is 7.52. The highest BCUT2D eigenvalue weighted by Gasteiger charge is 2.38. The van der Waals surface area contributed by atoms with Crippen LogP contribution in [0, 0.1) is 6.92 Å². The van der Waals surface area contributed by atoms with E-state index in [2.05, 4.69) is 31.5 Å². The lowest BCUT2D eigenvalue weighted by Gasteiger charge is -2.24. The smallest absolute Gasteiger partial charge is 0.242 e. The standard InChI is InChI=1S/C21H24N6O/c1-14-12-24-20(27-26-14)25-16-9-10-21(22,11-16)19-8-7-15(13-23-19)17-5-3-4-6-18(17)28-2/h3-8,12-13,16H,9-11,22H2,1-2H3,(H,24,25,27). The molecule has 1 aliphatic rings. The Morgan fingerprint density at radius 2 is 1.96 bits per heavy atom. The third-order valence-electron chi connectivity index (χ3n) is 5.25. The maximum absolute atomic E-state index is 6.71. The number of pyridine rings is 1. The predicted molar refractivity (Wildman–Crippen MR) is 108 cm³/mol. The Bertz CT molecular complexity index is 944. The fourth-order valence-corrected chi connectivity index (χ4v) is 3.74. The molecule has 0 amide bonds. The molecule has 0 bridgehead atoms. The summed E-state index contributed by atoms with van der Waals surface area (Å²) in [6.07, 6.45) is 6.13. The Labute approximate surface area is 164 Å². The molecule has 2 atom stereocenters. The van der Waals surface area contributed by atoms with Gasteiger partial charge in [0.05, 0.1) is 30.2 Å². The molecule has 3 aromatic rings. The van der Waals surface area contributed by atoms with Gasteiger partial charge in [-0.15, -0.1) is 5.10 Å². The van der Waals surface area contributed by atoms with Crippen LogP contribution in [-0.2, 0) is 5.54 Å². The summed E-state index contributed by atoms with van der Waals surface area (Å²) in [5.74, 6) is 1.37. The van der Waals surface area contributed by atoms with Crippen molar-refractivity contribution < 1.29 is 4.74 Å². The zero-order valence-electron chi connectivity index (χ0n) is 16.1. The molecule has 2 heterocycles. The minimum absolute atomic E-state index is 0.199. The van der Waals surface area contributed by atoms with Crippen LogP contribution in [0.4, 0.5) is 5.95 Å². The van der Waals surface area contributed by atoms with Crippen LogP contribution in [0.2, 0.25) is 0 Å². The first-order chi connectivity index (χ1) is 13.6. The van der Waals surface area contributed by atoms with E-state index < -0.39 is 5.54 Å². The Morgan fingerprint density at radius 1 is 1.11 bits per heavy atom. The van der Waals surface area contributed by atoms with Crippen molar-refractivity contribution in [3.05, 3.63) is 60.2 Å². The topological polar surface area (TPSA) is 98.8 Å². The lowest BCUT2D eigenvalue weighted by Crippen LogP contribution is -2.36. The molecule has 4 rings (SSSR count). The van der Waals surface area contributed by atoms with Crippen molar-refractivity contribution in [1.29, 1.82) is 0 Å². The molecule has 0 spiro atoms. The number of nitrogens with one attached hydrogen (secondary N) is 1. The molecule has 1 aromatic carbocycles. The van der Waals surface area contributed by atoms with Crippen LogP contribution in [0.5, 0.6) is 5.75 Å². The summed E-state index contributed by atoms with van der Waals surface area (Å²) in [4.78, 5) is 8.96. The van der Waals surface area contributed by atoms with E-state index in [4.69, 9.17) is 10.5 Å². The Hall–Kier alpha value is -3.06. The van der Waals surface area contributed by atoms with Gasteiger partial charge in [0.1, 0.15) is 5.75 Å². The number of para-hydroxylation sites is 1. The van der Waals surface area contributed by atoms with Crippen molar-refractivity contribution in [1.82, 2.24) is 20.2 Å². The normalized spacial score (nSPS) is 21.5. The summed E-state index contributed by atoms with van der Waals surface area (Å²) in [5.41, 5.74) is 9.97. The Morgan fingerprint density at radius 3 is 2.68 bits per heavy atom. The van der Waals surface area contributed by atoms with E-state index in [0.717, 1.165) is 47.5 Å². The Kier molecular flexibility index (Phi) is 4.92. The van der Waals surface area contributed by atoms with E-state index in [9.17, 15) is 0 Å². The molecular weight excluding hydrogens is 352 g/mol. The minimum Gasteiger partial charge on any atom is -0.496 e. The average molecular weight is 376 g/mol. The van der Waals surface area contributed by atoms with Crippen LogP contribution in [0.25, 0.3) is 11.1 Å². The van der Waals surface area contributed by atoms with E-state index in [-0.39, 0.29) is 6.04 Å². The second-order valence-corrected chi connectivity index (χ2v) is 7.30. The molecule has 28 heavy (non-hydrogen) atoms. The molecule has 1 aliphatic carbocycles. The van der Waals surface area contributed by atoms with Gasteiger partial charge in [-0.1, -0.05) is 24.3 Å². The van der Waals surface area contributed by atoms with Crippen LogP contribution < -0.4 is 15.8 Å². The van der Waals surface area contributed by atoms with Gasteiger partial charge in [-0.25, -0.2) is 4.98 Å². The van der Waals surface area contributed by atoms with Crippen LogP contribution in [0.15, 0.2) is 48.8 Å². The number of aryl methyl sites for hydroxylation is 1. The fourth-order valence-electron chi connectivity index (χ4n) is 3.74. The SMILES string of the molecule is COc1ccccc1-c1ccc(C2(N)CCC(Nc3ncc(C)nn3)C2)nc1. The highest BCUT2D eigenvalue weighted by Crippen LogP contribution is 2.37. The van der Waals surface area contributed by atoms with Crippen molar-refractivity contribution in [2.45, 2.75) is 37.8 Å². The maximum Gasteiger partial charge on any atom is 0.242 e. The zero-order valence-corrected chi connectivity index (χ0v) is 16.1. The van der Waals surface area contributed by atoms with Crippen LogP contribution in [0.3, 0.4) is 0 Å². The third-order valence-corrected chi connectivity index (χ3v) is 5.25. The summed E-state index contributed by atoms with van der Waals surface area (Å²) in [5, 5.41) is 11.5. The number of anilines is 1. The predicted octanol–water partition coefficient (Wildman–Crippen LogP) is 3.07. The number of aromatic nitrogens is 4. The highest BCUT2D eigenvalue weighted by atomic mass is 16.5. The lowest BCUT2D eigenvalue weighted by atomic mass is 9.93. The van der Waals surface area contributed by atoms with Gasteiger partial charge in [0.15, 0.2) is 0 Å². The van der Waals surface area contributed by atoms with Crippen LogP contribution in [-0.4, -0.2) is 33.3 Å². The number of benzene rings is 1. The number of methoxy groups -OCH3 is 1. The molecule has 2 unspecified atom stereocenters. The quantitative estimate of drug-likeness (QED) is 0.706. The van der Waals surface area contributed by atoms with Gasteiger partial charge in [-0.2, -0.15) is 5.10 Å².